The number of benzene rings is 2. The van der Waals surface area contributed by atoms with Crippen LogP contribution in [0.5, 0.6) is 0 Å². The Labute approximate surface area is 159 Å². The number of sulfonamides is 1. The maximum absolute atomic E-state index is 12.4. The molecule has 0 spiro atoms. The standard InChI is InChI=1S/C20H21N3O3S/c1-3-23(4-2)27(25,26)19-11-8-16(9-12-19)10-13-20(24)22-18-7-5-6-17(14-18)15-21/h5-14H,3-4H2,1-2H3,(H,22,24)/b13-10+. The Bertz CT molecular complexity index is 970. The lowest BCUT2D eigenvalue weighted by Crippen LogP contribution is -2.30. The third-order valence-electron chi connectivity index (χ3n) is 3.91. The van der Waals surface area contributed by atoms with Crippen molar-refractivity contribution in [2.45, 2.75) is 18.7 Å². The van der Waals surface area contributed by atoms with Crippen molar-refractivity contribution in [2.75, 3.05) is 18.4 Å². The van der Waals surface area contributed by atoms with Crippen LogP contribution in [0, 0.1) is 11.3 Å². The highest BCUT2D eigenvalue weighted by atomic mass is 32.2. The number of anilines is 1. The molecule has 1 amide bonds. The summed E-state index contributed by atoms with van der Waals surface area (Å²) in [7, 11) is -3.49. The molecule has 2 aromatic carbocycles. The first kappa shape index (κ1) is 20.4. The quantitative estimate of drug-likeness (QED) is 0.743. The molecule has 0 unspecified atom stereocenters. The zero-order valence-electron chi connectivity index (χ0n) is 15.2. The van der Waals surface area contributed by atoms with Crippen LogP contribution in [0.25, 0.3) is 6.08 Å². The summed E-state index contributed by atoms with van der Waals surface area (Å²) in [5, 5.41) is 11.5. The zero-order chi connectivity index (χ0) is 19.9. The molecule has 0 atom stereocenters. The molecule has 0 radical (unpaired) electrons. The van der Waals surface area contributed by atoms with E-state index in [4.69, 9.17) is 5.26 Å². The van der Waals surface area contributed by atoms with Gasteiger partial charge in [-0.1, -0.05) is 32.0 Å². The first-order chi connectivity index (χ1) is 12.9. The highest BCUT2D eigenvalue weighted by Crippen LogP contribution is 2.17. The number of nitriles is 1. The monoisotopic (exact) mass is 383 g/mol. The third-order valence-corrected chi connectivity index (χ3v) is 5.97. The molecule has 0 aliphatic heterocycles. The Morgan fingerprint density at radius 3 is 2.41 bits per heavy atom. The molecule has 0 bridgehead atoms. The van der Waals surface area contributed by atoms with E-state index in [1.165, 1.54) is 22.5 Å². The van der Waals surface area contributed by atoms with Gasteiger partial charge < -0.3 is 5.32 Å². The molecule has 2 aromatic rings. The minimum absolute atomic E-state index is 0.223. The number of hydrogen-bond donors (Lipinski definition) is 1. The van der Waals surface area contributed by atoms with E-state index >= 15 is 0 Å². The maximum Gasteiger partial charge on any atom is 0.248 e. The van der Waals surface area contributed by atoms with Gasteiger partial charge in [0.05, 0.1) is 16.5 Å². The van der Waals surface area contributed by atoms with E-state index in [-0.39, 0.29) is 10.8 Å². The van der Waals surface area contributed by atoms with Crippen molar-refractivity contribution in [3.05, 3.63) is 65.7 Å². The van der Waals surface area contributed by atoms with Crippen molar-refractivity contribution in [1.82, 2.24) is 4.31 Å². The summed E-state index contributed by atoms with van der Waals surface area (Å²) in [6.45, 7) is 4.41. The second-order valence-electron chi connectivity index (χ2n) is 5.67. The molecule has 0 saturated carbocycles. The highest BCUT2D eigenvalue weighted by Gasteiger charge is 2.20. The molecule has 7 heteroatoms. The van der Waals surface area contributed by atoms with Crippen LogP contribution in [-0.2, 0) is 14.8 Å². The van der Waals surface area contributed by atoms with Crippen LogP contribution < -0.4 is 5.32 Å². The van der Waals surface area contributed by atoms with Gasteiger partial charge in [0, 0.05) is 24.9 Å². The molecule has 6 nitrogen and oxygen atoms in total. The van der Waals surface area contributed by atoms with Crippen LogP contribution in [0.15, 0.2) is 59.5 Å². The van der Waals surface area contributed by atoms with Crippen molar-refractivity contribution in [1.29, 1.82) is 5.26 Å². The molecule has 0 aliphatic rings. The van der Waals surface area contributed by atoms with E-state index in [1.54, 1.807) is 56.3 Å². The van der Waals surface area contributed by atoms with E-state index in [9.17, 15) is 13.2 Å². The fourth-order valence-corrected chi connectivity index (χ4v) is 3.94. The van der Waals surface area contributed by atoms with Crippen LogP contribution in [0.1, 0.15) is 25.0 Å². The third kappa shape index (κ3) is 5.26. The number of amides is 1. The molecular weight excluding hydrogens is 362 g/mol. The SMILES string of the molecule is CCN(CC)S(=O)(=O)c1ccc(/C=C/C(=O)Nc2cccc(C#N)c2)cc1. The number of carbonyl (C=O) groups excluding carboxylic acids is 1. The Balaban J connectivity index is 2.07. The van der Waals surface area contributed by atoms with Gasteiger partial charge in [0.2, 0.25) is 15.9 Å². The second kappa shape index (κ2) is 9.12. The van der Waals surface area contributed by atoms with E-state index in [2.05, 4.69) is 5.32 Å². The van der Waals surface area contributed by atoms with E-state index in [0.29, 0.717) is 29.9 Å². The molecular formula is C20H21N3O3S. The molecule has 0 heterocycles. The molecule has 1 N–H and O–H groups in total. The van der Waals surface area contributed by atoms with Crippen molar-refractivity contribution < 1.29 is 13.2 Å². The first-order valence-corrected chi connectivity index (χ1v) is 9.94. The molecule has 27 heavy (non-hydrogen) atoms. The molecule has 0 aliphatic carbocycles. The van der Waals surface area contributed by atoms with Gasteiger partial charge >= 0.3 is 0 Å². The smallest absolute Gasteiger partial charge is 0.248 e. The minimum atomic E-state index is -3.49. The van der Waals surface area contributed by atoms with E-state index in [0.717, 1.165) is 0 Å². The minimum Gasteiger partial charge on any atom is -0.322 e. The summed E-state index contributed by atoms with van der Waals surface area (Å²) in [5.41, 5.74) is 1.69. The average molecular weight is 383 g/mol. The van der Waals surface area contributed by atoms with Gasteiger partial charge in [0.1, 0.15) is 0 Å². The number of hydrogen-bond acceptors (Lipinski definition) is 4. The van der Waals surface area contributed by atoms with Crippen molar-refractivity contribution in [3.63, 3.8) is 0 Å². The fraction of sp³-hybridized carbons (Fsp3) is 0.200. The molecule has 0 aromatic heterocycles. The topological polar surface area (TPSA) is 90.3 Å². The zero-order valence-corrected chi connectivity index (χ0v) is 16.0. The van der Waals surface area contributed by atoms with Crippen LogP contribution in [0.2, 0.25) is 0 Å². The summed E-state index contributed by atoms with van der Waals surface area (Å²) >= 11 is 0. The normalized spacial score (nSPS) is 11.5. The van der Waals surface area contributed by atoms with Gasteiger partial charge in [-0.3, -0.25) is 4.79 Å². The predicted octanol–water partition coefficient (Wildman–Crippen LogP) is 3.24. The van der Waals surface area contributed by atoms with Gasteiger partial charge in [-0.15, -0.1) is 0 Å². The highest BCUT2D eigenvalue weighted by molar-refractivity contribution is 7.89. The number of rotatable bonds is 7. The average Bonchev–Trinajstić information content (AvgIpc) is 2.67. The Morgan fingerprint density at radius 2 is 1.81 bits per heavy atom. The summed E-state index contributed by atoms with van der Waals surface area (Å²) in [5.74, 6) is -0.343. The lowest BCUT2D eigenvalue weighted by atomic mass is 10.2. The van der Waals surface area contributed by atoms with Crippen LogP contribution in [-0.4, -0.2) is 31.7 Å². The lowest BCUT2D eigenvalue weighted by Gasteiger charge is -2.18. The Hall–Kier alpha value is -2.95. The van der Waals surface area contributed by atoms with E-state index < -0.39 is 10.0 Å². The fourth-order valence-electron chi connectivity index (χ4n) is 2.49. The molecule has 0 saturated heterocycles. The predicted molar refractivity (Wildman–Crippen MR) is 105 cm³/mol. The maximum atomic E-state index is 12.4. The van der Waals surface area contributed by atoms with Gasteiger partial charge in [-0.2, -0.15) is 9.57 Å². The molecule has 2 rings (SSSR count). The molecule has 0 fully saturated rings. The number of carbonyl (C=O) groups is 1. The van der Waals surface area contributed by atoms with Crippen LogP contribution in [0.4, 0.5) is 5.69 Å². The van der Waals surface area contributed by atoms with Gasteiger partial charge in [0.25, 0.3) is 0 Å². The Morgan fingerprint density at radius 1 is 1.15 bits per heavy atom. The van der Waals surface area contributed by atoms with Crippen LogP contribution >= 0.6 is 0 Å². The van der Waals surface area contributed by atoms with Crippen molar-refractivity contribution >= 4 is 27.7 Å². The number of nitrogens with one attached hydrogen (secondary N) is 1. The summed E-state index contributed by atoms with van der Waals surface area (Å²) in [6.07, 6.45) is 2.95. The summed E-state index contributed by atoms with van der Waals surface area (Å²) in [4.78, 5) is 12.2. The first-order valence-electron chi connectivity index (χ1n) is 8.50. The van der Waals surface area contributed by atoms with Crippen LogP contribution in [0.3, 0.4) is 0 Å². The van der Waals surface area contributed by atoms with Gasteiger partial charge in [-0.05, 0) is 42.0 Å². The van der Waals surface area contributed by atoms with Crippen molar-refractivity contribution in [2.24, 2.45) is 0 Å². The largest absolute Gasteiger partial charge is 0.322 e. The Kier molecular flexibility index (Phi) is 6.88. The van der Waals surface area contributed by atoms with Gasteiger partial charge in [0.15, 0.2) is 0 Å². The summed E-state index contributed by atoms with van der Waals surface area (Å²) in [6, 6.07) is 15.0. The lowest BCUT2D eigenvalue weighted by molar-refractivity contribution is -0.111. The number of nitrogens with zero attached hydrogens (tertiary/aromatic N) is 2. The van der Waals surface area contributed by atoms with Crippen molar-refractivity contribution in [3.8, 4) is 6.07 Å². The summed E-state index contributed by atoms with van der Waals surface area (Å²) < 4.78 is 26.3. The molecule has 140 valence electrons. The van der Waals surface area contributed by atoms with E-state index in [1.807, 2.05) is 6.07 Å². The van der Waals surface area contributed by atoms with Gasteiger partial charge in [-0.25, -0.2) is 8.42 Å². The second-order valence-corrected chi connectivity index (χ2v) is 7.61.